The van der Waals surface area contributed by atoms with Crippen LogP contribution in [0.5, 0.6) is 0 Å². The number of carboxylic acid groups (broad SMARTS) is 1. The molecule has 5 nitrogen and oxygen atoms in total. The van der Waals surface area contributed by atoms with Gasteiger partial charge in [0.25, 0.3) is 0 Å². The molecule has 1 heterocycles. The van der Waals surface area contributed by atoms with E-state index in [9.17, 15) is 15.0 Å². The number of aliphatic hydroxyl groups excluding tert-OH is 2. The molecule has 5 heteroatoms. The first-order valence-corrected chi connectivity index (χ1v) is 6.94. The van der Waals surface area contributed by atoms with Gasteiger partial charge in [0.2, 0.25) is 0 Å². The van der Waals surface area contributed by atoms with Gasteiger partial charge in [-0.05, 0) is 12.8 Å². The van der Waals surface area contributed by atoms with Crippen LogP contribution in [0.4, 0.5) is 0 Å². The highest BCUT2D eigenvalue weighted by molar-refractivity contribution is 5.67. The fourth-order valence-electron chi connectivity index (χ4n) is 2.26. The summed E-state index contributed by atoms with van der Waals surface area (Å²) in [5.74, 6) is -0.956. The Morgan fingerprint density at radius 3 is 2.84 bits per heavy atom. The van der Waals surface area contributed by atoms with Crippen LogP contribution < -0.4 is 0 Å². The second-order valence-electron chi connectivity index (χ2n) is 5.04. The summed E-state index contributed by atoms with van der Waals surface area (Å²) >= 11 is 0. The molecule has 0 aromatic heterocycles. The average Bonchev–Trinajstić information content (AvgIpc) is 2.68. The maximum atomic E-state index is 10.6. The summed E-state index contributed by atoms with van der Waals surface area (Å²) in [5.41, 5.74) is 0. The zero-order chi connectivity index (χ0) is 14.3. The van der Waals surface area contributed by atoms with E-state index in [-0.39, 0.29) is 12.8 Å². The zero-order valence-corrected chi connectivity index (χ0v) is 11.4. The monoisotopic (exact) mass is 272 g/mol. The zero-order valence-electron chi connectivity index (χ0n) is 11.4. The number of allylic oxidation sites excluding steroid dienone is 1. The molecule has 19 heavy (non-hydrogen) atoms. The van der Waals surface area contributed by atoms with Crippen LogP contribution in [0.15, 0.2) is 12.2 Å². The third-order valence-corrected chi connectivity index (χ3v) is 3.28. The summed E-state index contributed by atoms with van der Waals surface area (Å²) in [6.45, 7) is 2.13. The molecule has 0 aromatic rings. The topological polar surface area (TPSA) is 87.0 Å². The fraction of sp³-hybridized carbons (Fsp3) is 0.786. The highest BCUT2D eigenvalue weighted by Gasteiger charge is 2.38. The molecular weight excluding hydrogens is 248 g/mol. The number of carbonyl (C=O) groups is 1. The molecule has 110 valence electrons. The van der Waals surface area contributed by atoms with Gasteiger partial charge < -0.3 is 20.1 Å². The van der Waals surface area contributed by atoms with Gasteiger partial charge in [-0.15, -0.1) is 0 Å². The van der Waals surface area contributed by atoms with E-state index >= 15 is 0 Å². The van der Waals surface area contributed by atoms with Crippen LogP contribution in [-0.4, -0.2) is 45.7 Å². The number of carboxylic acids is 1. The Morgan fingerprint density at radius 2 is 2.21 bits per heavy atom. The second kappa shape index (κ2) is 8.30. The van der Waals surface area contributed by atoms with Crippen molar-refractivity contribution < 1.29 is 24.9 Å². The molecule has 4 atom stereocenters. The summed E-state index contributed by atoms with van der Waals surface area (Å²) in [6, 6.07) is 0. The van der Waals surface area contributed by atoms with Crippen molar-refractivity contribution in [1.29, 1.82) is 0 Å². The van der Waals surface area contributed by atoms with Crippen molar-refractivity contribution in [2.24, 2.45) is 0 Å². The standard InChI is InChI=1S/C14H24O5/c1-2-3-4-5-6-7-11(15)14-12(16)8-10(19-14)9-13(17)18/h6-7,10-12,14-16H,2-5,8-9H2,1H3,(H,17,18). The first kappa shape index (κ1) is 16.1. The molecule has 0 bridgehead atoms. The predicted molar refractivity (Wildman–Crippen MR) is 70.8 cm³/mol. The molecule has 1 saturated heterocycles. The molecule has 1 aliphatic rings. The van der Waals surface area contributed by atoms with Crippen molar-refractivity contribution in [2.75, 3.05) is 0 Å². The fourth-order valence-corrected chi connectivity index (χ4v) is 2.26. The molecule has 4 unspecified atom stereocenters. The normalized spacial score (nSPS) is 28.9. The Balaban J connectivity index is 2.35. The van der Waals surface area contributed by atoms with Crippen molar-refractivity contribution >= 4 is 5.97 Å². The number of hydrogen-bond acceptors (Lipinski definition) is 4. The van der Waals surface area contributed by atoms with Gasteiger partial charge in [0.15, 0.2) is 0 Å². The lowest BCUT2D eigenvalue weighted by Gasteiger charge is -2.18. The van der Waals surface area contributed by atoms with Gasteiger partial charge in [0, 0.05) is 6.42 Å². The Labute approximate surface area is 113 Å². The summed E-state index contributed by atoms with van der Waals surface area (Å²) in [7, 11) is 0. The minimum absolute atomic E-state index is 0.138. The molecule has 0 aromatic carbocycles. The van der Waals surface area contributed by atoms with Crippen LogP contribution in [0.1, 0.15) is 45.4 Å². The van der Waals surface area contributed by atoms with Crippen LogP contribution in [0.2, 0.25) is 0 Å². The molecule has 3 N–H and O–H groups in total. The van der Waals surface area contributed by atoms with E-state index in [0.29, 0.717) is 0 Å². The second-order valence-corrected chi connectivity index (χ2v) is 5.04. The molecule has 0 spiro atoms. The Kier molecular flexibility index (Phi) is 7.05. The van der Waals surface area contributed by atoms with Crippen LogP contribution in [0, 0.1) is 0 Å². The van der Waals surface area contributed by atoms with Crippen molar-refractivity contribution in [2.45, 2.75) is 69.9 Å². The van der Waals surface area contributed by atoms with Gasteiger partial charge in [-0.25, -0.2) is 0 Å². The van der Waals surface area contributed by atoms with E-state index in [1.807, 2.05) is 6.08 Å². The maximum absolute atomic E-state index is 10.6. The molecular formula is C14H24O5. The Morgan fingerprint density at radius 1 is 1.47 bits per heavy atom. The van der Waals surface area contributed by atoms with Crippen LogP contribution >= 0.6 is 0 Å². The summed E-state index contributed by atoms with van der Waals surface area (Å²) in [6.07, 6.45) is 5.01. The third kappa shape index (κ3) is 5.72. The molecule has 1 fully saturated rings. The molecule has 1 rings (SSSR count). The minimum atomic E-state index is -0.956. The van der Waals surface area contributed by atoms with Crippen LogP contribution in [0.3, 0.4) is 0 Å². The number of rotatable bonds is 8. The highest BCUT2D eigenvalue weighted by atomic mass is 16.5. The molecule has 0 saturated carbocycles. The van der Waals surface area contributed by atoms with E-state index in [4.69, 9.17) is 9.84 Å². The lowest BCUT2D eigenvalue weighted by atomic mass is 10.0. The van der Waals surface area contributed by atoms with Gasteiger partial charge in [-0.2, -0.15) is 0 Å². The van der Waals surface area contributed by atoms with Gasteiger partial charge >= 0.3 is 5.97 Å². The van der Waals surface area contributed by atoms with Crippen LogP contribution in [-0.2, 0) is 9.53 Å². The molecule has 0 radical (unpaired) electrons. The number of aliphatic carboxylic acids is 1. The van der Waals surface area contributed by atoms with Crippen LogP contribution in [0.25, 0.3) is 0 Å². The van der Waals surface area contributed by atoms with E-state index < -0.39 is 30.4 Å². The van der Waals surface area contributed by atoms with E-state index in [1.54, 1.807) is 6.08 Å². The van der Waals surface area contributed by atoms with Crippen molar-refractivity contribution in [3.05, 3.63) is 12.2 Å². The van der Waals surface area contributed by atoms with Gasteiger partial charge in [-0.3, -0.25) is 4.79 Å². The smallest absolute Gasteiger partial charge is 0.305 e. The third-order valence-electron chi connectivity index (χ3n) is 3.28. The maximum Gasteiger partial charge on any atom is 0.305 e. The lowest BCUT2D eigenvalue weighted by molar-refractivity contribution is -0.140. The number of aliphatic hydroxyl groups is 2. The number of ether oxygens (including phenoxy) is 1. The molecule has 0 amide bonds. The van der Waals surface area contributed by atoms with E-state index in [0.717, 1.165) is 25.7 Å². The average molecular weight is 272 g/mol. The van der Waals surface area contributed by atoms with Gasteiger partial charge in [0.1, 0.15) is 12.2 Å². The minimum Gasteiger partial charge on any atom is -0.481 e. The Hall–Kier alpha value is -0.910. The molecule has 0 aliphatic carbocycles. The Bertz CT molecular complexity index is 302. The molecule has 1 aliphatic heterocycles. The largest absolute Gasteiger partial charge is 0.481 e. The summed E-state index contributed by atoms with van der Waals surface area (Å²) in [4.78, 5) is 10.6. The quantitative estimate of drug-likeness (QED) is 0.460. The van der Waals surface area contributed by atoms with E-state index in [1.165, 1.54) is 0 Å². The predicted octanol–water partition coefficient (Wildman–Crippen LogP) is 1.48. The van der Waals surface area contributed by atoms with Gasteiger partial charge in [-0.1, -0.05) is 31.9 Å². The van der Waals surface area contributed by atoms with Crippen molar-refractivity contribution in [3.8, 4) is 0 Å². The highest BCUT2D eigenvalue weighted by Crippen LogP contribution is 2.25. The lowest BCUT2D eigenvalue weighted by Crippen LogP contribution is -2.33. The number of hydrogen-bond donors (Lipinski definition) is 3. The van der Waals surface area contributed by atoms with Gasteiger partial charge in [0.05, 0.1) is 18.6 Å². The SMILES string of the molecule is CCCCCC=CC(O)C1OC(CC(=O)O)CC1O. The van der Waals surface area contributed by atoms with E-state index in [2.05, 4.69) is 6.92 Å². The van der Waals surface area contributed by atoms with Crippen molar-refractivity contribution in [3.63, 3.8) is 0 Å². The first-order chi connectivity index (χ1) is 9.04. The first-order valence-electron chi connectivity index (χ1n) is 6.94. The number of unbranched alkanes of at least 4 members (excludes halogenated alkanes) is 3. The van der Waals surface area contributed by atoms with Crippen molar-refractivity contribution in [1.82, 2.24) is 0 Å². The summed E-state index contributed by atoms with van der Waals surface area (Å²) in [5, 5.41) is 28.4. The summed E-state index contributed by atoms with van der Waals surface area (Å²) < 4.78 is 5.39.